The Morgan fingerprint density at radius 3 is 2.59 bits per heavy atom. The maximum Gasteiger partial charge on any atom is 0.243 e. The zero-order valence-corrected chi connectivity index (χ0v) is 23.3. The maximum absolute atomic E-state index is 11.9. The van der Waals surface area contributed by atoms with Gasteiger partial charge in [-0.1, -0.05) is 29.8 Å². The second-order valence-corrected chi connectivity index (χ2v) is 9.98. The highest BCUT2D eigenvalue weighted by atomic mass is 35.5. The highest BCUT2D eigenvalue weighted by Gasteiger charge is 2.32. The molecule has 3 aromatic rings. The van der Waals surface area contributed by atoms with Gasteiger partial charge in [-0.2, -0.15) is 0 Å². The fourth-order valence-electron chi connectivity index (χ4n) is 4.78. The van der Waals surface area contributed by atoms with E-state index in [1.54, 1.807) is 18.5 Å². The Labute approximate surface area is 236 Å². The normalized spacial score (nSPS) is 18.0. The van der Waals surface area contributed by atoms with Crippen LogP contribution in [0.4, 0.5) is 17.5 Å². The van der Waals surface area contributed by atoms with Gasteiger partial charge in [0.1, 0.15) is 27.4 Å². The number of hydrogen-bond donors (Lipinski definition) is 2. The van der Waals surface area contributed by atoms with Gasteiger partial charge in [-0.25, -0.2) is 15.0 Å². The topological polar surface area (TPSA) is 111 Å². The molecule has 5 rings (SSSR count). The van der Waals surface area contributed by atoms with E-state index >= 15 is 0 Å². The lowest BCUT2D eigenvalue weighted by Crippen LogP contribution is -2.52. The number of pyridine rings is 1. The van der Waals surface area contributed by atoms with Crippen LogP contribution in [-0.2, 0) is 16.1 Å². The molecule has 39 heavy (non-hydrogen) atoms. The number of carbonyl (C=O) groups excluding carboxylic acids is 1. The number of amides is 1. The van der Waals surface area contributed by atoms with Crippen molar-refractivity contribution >= 4 is 46.6 Å². The zero-order chi connectivity index (χ0) is 27.7. The molecule has 0 spiro atoms. The van der Waals surface area contributed by atoms with E-state index in [4.69, 9.17) is 47.4 Å². The molecule has 1 amide bonds. The largest absolute Gasteiger partial charge is 0.495 e. The van der Waals surface area contributed by atoms with Crippen LogP contribution in [0.5, 0.6) is 11.5 Å². The second kappa shape index (κ2) is 11.3. The first kappa shape index (κ1) is 27.0. The summed E-state index contributed by atoms with van der Waals surface area (Å²) < 4.78 is 16.6. The number of aromatic nitrogens is 3. The number of halogens is 2. The third-order valence-corrected chi connectivity index (χ3v) is 7.44. The number of ether oxygens (including phenoxy) is 3. The molecule has 2 aliphatic rings. The van der Waals surface area contributed by atoms with Crippen LogP contribution >= 0.6 is 23.2 Å². The minimum atomic E-state index is -0.234. The van der Waals surface area contributed by atoms with E-state index in [2.05, 4.69) is 22.2 Å². The van der Waals surface area contributed by atoms with Crippen LogP contribution in [0.1, 0.15) is 17.5 Å². The number of hydrogen-bond acceptors (Lipinski definition) is 9. The van der Waals surface area contributed by atoms with Crippen molar-refractivity contribution in [3.63, 3.8) is 0 Å². The molecule has 1 aromatic carbocycles. The molecule has 204 valence electrons. The predicted molar refractivity (Wildman–Crippen MR) is 150 cm³/mol. The number of aryl methyl sites for hydroxylation is 1. The van der Waals surface area contributed by atoms with E-state index < -0.39 is 0 Å². The Morgan fingerprint density at radius 2 is 1.90 bits per heavy atom. The molecule has 2 N–H and O–H groups in total. The van der Waals surface area contributed by atoms with E-state index in [9.17, 15) is 4.79 Å². The van der Waals surface area contributed by atoms with Gasteiger partial charge < -0.3 is 29.7 Å². The van der Waals surface area contributed by atoms with Crippen LogP contribution in [0.2, 0.25) is 10.0 Å². The molecule has 10 nitrogen and oxygen atoms in total. The molecule has 12 heteroatoms. The number of fused-ring (bicyclic) bond motifs is 3. The van der Waals surface area contributed by atoms with Gasteiger partial charge in [0.15, 0.2) is 0 Å². The standard InChI is InChI=1S/C27H28Cl2N6O4/c1-5-21(36)32-17-6-7-39-13-18(17)33-27-31-11-15-12-35(26-16(24(15)34-27)8-14(2)10-30-26)25-22(28)19(37-3)9-20(38-4)23(25)29/h5,8-11,17-18H,1,6-7,12-13H2,2-4H3,(H,32,36)(H,31,33,34)/t17?,18-/m1/s1. The number of nitrogens with one attached hydrogen (secondary N) is 2. The molecule has 4 heterocycles. The van der Waals surface area contributed by atoms with Crippen LogP contribution < -0.4 is 25.0 Å². The minimum Gasteiger partial charge on any atom is -0.495 e. The Bertz CT molecular complexity index is 1410. The van der Waals surface area contributed by atoms with Crippen molar-refractivity contribution in [3.8, 4) is 22.8 Å². The first-order chi connectivity index (χ1) is 18.8. The summed E-state index contributed by atoms with van der Waals surface area (Å²) in [5.41, 5.74) is 3.86. The summed E-state index contributed by atoms with van der Waals surface area (Å²) in [6.07, 6.45) is 5.47. The number of nitrogens with zero attached hydrogens (tertiary/aromatic N) is 4. The molecule has 0 saturated carbocycles. The number of rotatable bonds is 7. The molecular weight excluding hydrogens is 543 g/mol. The summed E-state index contributed by atoms with van der Waals surface area (Å²) in [7, 11) is 3.07. The van der Waals surface area contributed by atoms with Crippen molar-refractivity contribution in [1.82, 2.24) is 20.3 Å². The SMILES string of the molecule is C=CC(=O)NC1CCOC[C@H]1Nc1ncc2c(n1)-c1cc(C)cnc1N(c1c(Cl)c(OC)cc(OC)c1Cl)C2. The molecule has 0 radical (unpaired) electrons. The maximum atomic E-state index is 11.9. The number of anilines is 3. The molecule has 2 atom stereocenters. The average molecular weight is 571 g/mol. The van der Waals surface area contributed by atoms with E-state index in [0.717, 1.165) is 22.4 Å². The van der Waals surface area contributed by atoms with Crippen molar-refractivity contribution in [2.24, 2.45) is 0 Å². The molecule has 2 aliphatic heterocycles. The van der Waals surface area contributed by atoms with Gasteiger partial charge >= 0.3 is 0 Å². The smallest absolute Gasteiger partial charge is 0.243 e. The van der Waals surface area contributed by atoms with Crippen LogP contribution in [-0.4, -0.2) is 60.4 Å². The quantitative estimate of drug-likeness (QED) is 0.390. The van der Waals surface area contributed by atoms with Crippen molar-refractivity contribution in [3.05, 3.63) is 58.4 Å². The van der Waals surface area contributed by atoms with Crippen LogP contribution in [0.25, 0.3) is 11.3 Å². The minimum absolute atomic E-state index is 0.150. The summed E-state index contributed by atoms with van der Waals surface area (Å²) >= 11 is 13.5. The van der Waals surface area contributed by atoms with Crippen LogP contribution in [0.3, 0.4) is 0 Å². The van der Waals surface area contributed by atoms with Gasteiger partial charge in [0.2, 0.25) is 11.9 Å². The highest BCUT2D eigenvalue weighted by Crippen LogP contribution is 2.51. The van der Waals surface area contributed by atoms with Crippen LogP contribution in [0, 0.1) is 6.92 Å². The number of carbonyl (C=O) groups is 1. The van der Waals surface area contributed by atoms with Crippen molar-refractivity contribution in [2.45, 2.75) is 32.0 Å². The second-order valence-electron chi connectivity index (χ2n) is 9.23. The third-order valence-electron chi connectivity index (χ3n) is 6.71. The van der Waals surface area contributed by atoms with Gasteiger partial charge in [0.05, 0.1) is 50.8 Å². The van der Waals surface area contributed by atoms with E-state index in [-0.39, 0.29) is 18.0 Å². The Morgan fingerprint density at radius 1 is 1.15 bits per heavy atom. The number of benzene rings is 1. The van der Waals surface area contributed by atoms with Crippen LogP contribution in [0.15, 0.2) is 37.2 Å². The van der Waals surface area contributed by atoms with Crippen molar-refractivity contribution in [1.29, 1.82) is 0 Å². The molecule has 2 aromatic heterocycles. The van der Waals surface area contributed by atoms with E-state index in [0.29, 0.717) is 65.2 Å². The van der Waals surface area contributed by atoms with Crippen molar-refractivity contribution < 1.29 is 19.0 Å². The molecule has 0 bridgehead atoms. The third kappa shape index (κ3) is 5.19. The summed E-state index contributed by atoms with van der Waals surface area (Å²) in [5, 5.41) is 6.98. The fraction of sp³-hybridized carbons (Fsp3) is 0.333. The molecule has 1 saturated heterocycles. The molecule has 0 aliphatic carbocycles. The summed E-state index contributed by atoms with van der Waals surface area (Å²) in [6, 6.07) is 3.30. The monoisotopic (exact) mass is 570 g/mol. The first-order valence-corrected chi connectivity index (χ1v) is 13.1. The van der Waals surface area contributed by atoms with Gasteiger partial charge in [0.25, 0.3) is 0 Å². The van der Waals surface area contributed by atoms with E-state index in [1.807, 2.05) is 17.9 Å². The van der Waals surface area contributed by atoms with Gasteiger partial charge in [-0.15, -0.1) is 0 Å². The van der Waals surface area contributed by atoms with Crippen molar-refractivity contribution in [2.75, 3.05) is 37.7 Å². The molecule has 1 unspecified atom stereocenters. The lowest BCUT2D eigenvalue weighted by Gasteiger charge is -2.34. The fourth-order valence-corrected chi connectivity index (χ4v) is 5.48. The Balaban J connectivity index is 1.54. The van der Waals surface area contributed by atoms with Gasteiger partial charge in [-0.05, 0) is 31.1 Å². The van der Waals surface area contributed by atoms with E-state index in [1.165, 1.54) is 20.3 Å². The summed E-state index contributed by atoms with van der Waals surface area (Å²) in [4.78, 5) is 28.0. The predicted octanol–water partition coefficient (Wildman–Crippen LogP) is 4.69. The Kier molecular flexibility index (Phi) is 7.79. The summed E-state index contributed by atoms with van der Waals surface area (Å²) in [6.45, 7) is 6.83. The number of methoxy groups -OCH3 is 2. The average Bonchev–Trinajstić information content (AvgIpc) is 2.94. The van der Waals surface area contributed by atoms with Gasteiger partial charge in [0, 0.05) is 36.2 Å². The first-order valence-electron chi connectivity index (χ1n) is 12.3. The zero-order valence-electron chi connectivity index (χ0n) is 21.8. The highest BCUT2D eigenvalue weighted by molar-refractivity contribution is 6.41. The molecular formula is C27H28Cl2N6O4. The van der Waals surface area contributed by atoms with Gasteiger partial charge in [-0.3, -0.25) is 4.79 Å². The lowest BCUT2D eigenvalue weighted by atomic mass is 10.0. The summed E-state index contributed by atoms with van der Waals surface area (Å²) in [5.74, 6) is 1.67. The Hall–Kier alpha value is -3.60. The lowest BCUT2D eigenvalue weighted by molar-refractivity contribution is -0.117. The molecule has 1 fully saturated rings.